The highest BCUT2D eigenvalue weighted by atomic mass is 16.5. The molecule has 0 aromatic carbocycles. The van der Waals surface area contributed by atoms with E-state index in [0.717, 1.165) is 37.4 Å². The number of rotatable bonds is 5. The van der Waals surface area contributed by atoms with E-state index in [4.69, 9.17) is 4.74 Å². The van der Waals surface area contributed by atoms with Crippen LogP contribution in [-0.4, -0.2) is 49.1 Å². The fourth-order valence-electron chi connectivity index (χ4n) is 2.99. The third-order valence-corrected chi connectivity index (χ3v) is 4.11. The average molecular weight is 291 g/mol. The lowest BCUT2D eigenvalue weighted by molar-refractivity contribution is -0.123. The Morgan fingerprint density at radius 2 is 2.33 bits per heavy atom. The molecule has 5 heteroatoms. The van der Waals surface area contributed by atoms with Gasteiger partial charge in [0.15, 0.2) is 0 Å². The zero-order valence-corrected chi connectivity index (χ0v) is 13.1. The monoisotopic (exact) mass is 291 g/mol. The van der Waals surface area contributed by atoms with Gasteiger partial charge in [0.1, 0.15) is 0 Å². The van der Waals surface area contributed by atoms with Crippen LogP contribution >= 0.6 is 0 Å². The summed E-state index contributed by atoms with van der Waals surface area (Å²) in [7, 11) is 3.42. The Hall–Kier alpha value is -1.46. The first-order valence-electron chi connectivity index (χ1n) is 7.50. The zero-order valence-electron chi connectivity index (χ0n) is 13.1. The fraction of sp³-hybridized carbons (Fsp3) is 0.625. The molecular weight excluding hydrogens is 266 g/mol. The van der Waals surface area contributed by atoms with Crippen molar-refractivity contribution in [2.45, 2.75) is 32.4 Å². The maximum atomic E-state index is 11.7. The Labute approximate surface area is 126 Å². The van der Waals surface area contributed by atoms with Crippen LogP contribution in [0.25, 0.3) is 0 Å². The summed E-state index contributed by atoms with van der Waals surface area (Å²) >= 11 is 0. The lowest BCUT2D eigenvalue weighted by atomic mass is 9.91. The van der Waals surface area contributed by atoms with Gasteiger partial charge in [0.2, 0.25) is 5.91 Å². The first-order valence-corrected chi connectivity index (χ1v) is 7.50. The molecule has 1 N–H and O–H groups in total. The lowest BCUT2D eigenvalue weighted by Gasteiger charge is -2.37. The number of hydrogen-bond acceptors (Lipinski definition) is 4. The molecule has 1 aliphatic rings. The van der Waals surface area contributed by atoms with E-state index in [1.54, 1.807) is 14.2 Å². The Kier molecular flexibility index (Phi) is 5.70. The number of pyridine rings is 1. The normalized spacial score (nSPS) is 23.0. The summed E-state index contributed by atoms with van der Waals surface area (Å²) in [6.07, 6.45) is 1.65. The molecule has 2 atom stereocenters. The van der Waals surface area contributed by atoms with Crippen molar-refractivity contribution in [2.75, 3.05) is 27.2 Å². The topological polar surface area (TPSA) is 54.5 Å². The van der Waals surface area contributed by atoms with Crippen molar-refractivity contribution >= 4 is 5.91 Å². The quantitative estimate of drug-likeness (QED) is 0.890. The largest absolute Gasteiger partial charge is 0.381 e. The van der Waals surface area contributed by atoms with Gasteiger partial charge < -0.3 is 10.1 Å². The number of likely N-dealkylation sites (tertiary alicyclic amines) is 1. The molecule has 1 aromatic rings. The second-order valence-electron chi connectivity index (χ2n) is 5.71. The molecule has 0 aliphatic carbocycles. The van der Waals surface area contributed by atoms with E-state index in [1.165, 1.54) is 0 Å². The minimum Gasteiger partial charge on any atom is -0.381 e. The van der Waals surface area contributed by atoms with Crippen molar-refractivity contribution in [3.05, 3.63) is 29.6 Å². The number of carbonyl (C=O) groups excluding carboxylic acids is 1. The van der Waals surface area contributed by atoms with E-state index < -0.39 is 0 Å². The Morgan fingerprint density at radius 1 is 1.52 bits per heavy atom. The summed E-state index contributed by atoms with van der Waals surface area (Å²) in [6, 6.07) is 6.11. The summed E-state index contributed by atoms with van der Waals surface area (Å²) in [5.74, 6) is 0.325. The fourth-order valence-corrected chi connectivity index (χ4v) is 2.99. The summed E-state index contributed by atoms with van der Waals surface area (Å²) in [5.41, 5.74) is 2.13. The number of nitrogens with one attached hydrogen (secondary N) is 1. The molecule has 2 rings (SSSR count). The second kappa shape index (κ2) is 7.52. The highest BCUT2D eigenvalue weighted by Gasteiger charge is 2.30. The molecule has 1 saturated heterocycles. The van der Waals surface area contributed by atoms with Gasteiger partial charge in [0.05, 0.1) is 11.8 Å². The van der Waals surface area contributed by atoms with Gasteiger partial charge in [-0.05, 0) is 25.5 Å². The predicted molar refractivity (Wildman–Crippen MR) is 81.8 cm³/mol. The third kappa shape index (κ3) is 4.51. The molecule has 1 fully saturated rings. The molecule has 1 amide bonds. The number of carbonyl (C=O) groups is 1. The Balaban J connectivity index is 1.97. The molecule has 2 heterocycles. The van der Waals surface area contributed by atoms with E-state index >= 15 is 0 Å². The van der Waals surface area contributed by atoms with Gasteiger partial charge in [-0.15, -0.1) is 0 Å². The summed E-state index contributed by atoms with van der Waals surface area (Å²) in [4.78, 5) is 18.6. The Bertz CT molecular complexity index is 478. The number of methoxy groups -OCH3 is 1. The number of nitrogens with zero attached hydrogens (tertiary/aromatic N) is 2. The van der Waals surface area contributed by atoms with E-state index in [1.807, 2.05) is 19.1 Å². The van der Waals surface area contributed by atoms with Crippen LogP contribution in [0.4, 0.5) is 0 Å². The lowest BCUT2D eigenvalue weighted by Crippen LogP contribution is -2.45. The highest BCUT2D eigenvalue weighted by molar-refractivity contribution is 5.75. The van der Waals surface area contributed by atoms with E-state index in [2.05, 4.69) is 21.3 Å². The van der Waals surface area contributed by atoms with Crippen LogP contribution in [0.3, 0.4) is 0 Å². The summed E-state index contributed by atoms with van der Waals surface area (Å²) in [5, 5.41) is 2.70. The van der Waals surface area contributed by atoms with Gasteiger partial charge in [0.25, 0.3) is 0 Å². The highest BCUT2D eigenvalue weighted by Crippen LogP contribution is 2.23. The number of ether oxygens (including phenoxy) is 1. The van der Waals surface area contributed by atoms with Crippen molar-refractivity contribution < 1.29 is 9.53 Å². The Morgan fingerprint density at radius 3 is 3.00 bits per heavy atom. The maximum absolute atomic E-state index is 11.7. The first kappa shape index (κ1) is 15.9. The molecule has 0 bridgehead atoms. The first-order chi connectivity index (χ1) is 10.1. The van der Waals surface area contributed by atoms with Crippen LogP contribution in [-0.2, 0) is 16.1 Å². The number of aromatic nitrogens is 1. The number of amides is 1. The van der Waals surface area contributed by atoms with Crippen LogP contribution in [0.1, 0.15) is 24.2 Å². The van der Waals surface area contributed by atoms with Gasteiger partial charge >= 0.3 is 0 Å². The van der Waals surface area contributed by atoms with Crippen LogP contribution < -0.4 is 5.32 Å². The minimum absolute atomic E-state index is 0.0811. The molecule has 0 spiro atoms. The smallest absolute Gasteiger partial charge is 0.220 e. The molecule has 1 aromatic heterocycles. The molecule has 116 valence electrons. The summed E-state index contributed by atoms with van der Waals surface area (Å²) in [6.45, 7) is 4.71. The number of piperidine rings is 1. The van der Waals surface area contributed by atoms with Crippen LogP contribution in [0.15, 0.2) is 18.2 Å². The molecular formula is C16H25N3O2. The predicted octanol–water partition coefficient (Wildman–Crippen LogP) is 1.36. The van der Waals surface area contributed by atoms with Gasteiger partial charge in [-0.1, -0.05) is 6.07 Å². The SMILES string of the molecule is CNC(=O)C[C@@H]1CN(Cc2cccc(C)n2)CC[C@H]1OC. The van der Waals surface area contributed by atoms with Crippen molar-refractivity contribution in [3.8, 4) is 0 Å². The molecule has 0 saturated carbocycles. The van der Waals surface area contributed by atoms with E-state index in [9.17, 15) is 4.79 Å². The van der Waals surface area contributed by atoms with Gasteiger partial charge in [-0.3, -0.25) is 14.7 Å². The zero-order chi connectivity index (χ0) is 15.2. The van der Waals surface area contributed by atoms with Crippen LogP contribution in [0.2, 0.25) is 0 Å². The summed E-state index contributed by atoms with van der Waals surface area (Å²) < 4.78 is 5.54. The minimum atomic E-state index is 0.0811. The van der Waals surface area contributed by atoms with Crippen molar-refractivity contribution in [1.82, 2.24) is 15.2 Å². The van der Waals surface area contributed by atoms with Crippen molar-refractivity contribution in [1.29, 1.82) is 0 Å². The molecule has 0 radical (unpaired) electrons. The van der Waals surface area contributed by atoms with Gasteiger partial charge in [-0.2, -0.15) is 0 Å². The molecule has 21 heavy (non-hydrogen) atoms. The van der Waals surface area contributed by atoms with E-state index in [0.29, 0.717) is 6.42 Å². The third-order valence-electron chi connectivity index (χ3n) is 4.11. The van der Waals surface area contributed by atoms with Crippen LogP contribution in [0, 0.1) is 12.8 Å². The number of aryl methyl sites for hydroxylation is 1. The van der Waals surface area contributed by atoms with Crippen LogP contribution in [0.5, 0.6) is 0 Å². The van der Waals surface area contributed by atoms with Gasteiger partial charge in [-0.25, -0.2) is 0 Å². The van der Waals surface area contributed by atoms with E-state index in [-0.39, 0.29) is 17.9 Å². The maximum Gasteiger partial charge on any atom is 0.220 e. The average Bonchev–Trinajstić information content (AvgIpc) is 2.47. The second-order valence-corrected chi connectivity index (χ2v) is 5.71. The standard InChI is InChI=1S/C16H25N3O2/c1-12-5-4-6-14(18-12)11-19-8-7-15(21-3)13(10-19)9-16(20)17-2/h4-6,13,15H,7-11H2,1-3H3,(H,17,20)/t13-,15-/m1/s1. The number of hydrogen-bond donors (Lipinski definition) is 1. The molecule has 5 nitrogen and oxygen atoms in total. The van der Waals surface area contributed by atoms with Crippen molar-refractivity contribution in [3.63, 3.8) is 0 Å². The molecule has 0 unspecified atom stereocenters. The van der Waals surface area contributed by atoms with Crippen molar-refractivity contribution in [2.24, 2.45) is 5.92 Å². The van der Waals surface area contributed by atoms with Gasteiger partial charge in [0, 0.05) is 51.8 Å². The molecule has 1 aliphatic heterocycles.